The smallest absolute Gasteiger partial charge is 0.225 e. The topological polar surface area (TPSA) is 53.0 Å². The summed E-state index contributed by atoms with van der Waals surface area (Å²) in [5, 5.41) is 8.66. The number of amides is 1. The Morgan fingerprint density at radius 2 is 1.76 bits per heavy atom. The Labute approximate surface area is 128 Å². The Morgan fingerprint density at radius 3 is 2.38 bits per heavy atom. The van der Waals surface area contributed by atoms with Crippen LogP contribution in [0.3, 0.4) is 0 Å². The van der Waals surface area contributed by atoms with Crippen molar-refractivity contribution in [3.63, 3.8) is 0 Å². The fourth-order valence-electron chi connectivity index (χ4n) is 3.25. The van der Waals surface area contributed by atoms with Gasteiger partial charge in [-0.25, -0.2) is 0 Å². The molecule has 5 nitrogen and oxygen atoms in total. The average Bonchev–Trinajstić information content (AvgIpc) is 2.52. The maximum absolute atomic E-state index is 12.5. The molecule has 2 saturated heterocycles. The Hall–Kier alpha value is -0.650. The van der Waals surface area contributed by atoms with E-state index >= 15 is 0 Å². The molecule has 0 unspecified atom stereocenters. The molecule has 1 amide bonds. The van der Waals surface area contributed by atoms with Gasteiger partial charge in [0.2, 0.25) is 5.91 Å². The zero-order chi connectivity index (χ0) is 15.1. The zero-order valence-electron chi connectivity index (χ0n) is 13.3. The lowest BCUT2D eigenvalue weighted by molar-refractivity contribution is -0.138. The first-order valence-corrected chi connectivity index (χ1v) is 8.40. The van der Waals surface area contributed by atoms with Crippen molar-refractivity contribution in [1.29, 1.82) is 0 Å². The van der Waals surface area contributed by atoms with Gasteiger partial charge in [0.05, 0.1) is 19.8 Å². The Morgan fingerprint density at radius 1 is 1.10 bits per heavy atom. The van der Waals surface area contributed by atoms with Crippen molar-refractivity contribution in [3.8, 4) is 0 Å². The molecule has 2 aliphatic heterocycles. The summed E-state index contributed by atoms with van der Waals surface area (Å²) < 4.78 is 5.30. The minimum atomic E-state index is 0.0883. The molecular formula is C16H30N2O3. The normalized spacial score (nSPS) is 22.7. The van der Waals surface area contributed by atoms with Crippen LogP contribution in [0.2, 0.25) is 0 Å². The number of rotatable bonds is 6. The first-order chi connectivity index (χ1) is 10.2. The van der Waals surface area contributed by atoms with E-state index in [-0.39, 0.29) is 12.5 Å². The molecule has 0 saturated carbocycles. The number of hydrogen-bond acceptors (Lipinski definition) is 4. The molecule has 0 aromatic heterocycles. The van der Waals surface area contributed by atoms with Crippen LogP contribution in [0.1, 0.15) is 32.6 Å². The monoisotopic (exact) mass is 298 g/mol. The van der Waals surface area contributed by atoms with Crippen LogP contribution in [0.15, 0.2) is 0 Å². The molecule has 2 rings (SSSR count). The summed E-state index contributed by atoms with van der Waals surface area (Å²) in [7, 11) is 0. The molecule has 0 spiro atoms. The van der Waals surface area contributed by atoms with E-state index in [2.05, 4.69) is 16.7 Å². The molecule has 2 heterocycles. The van der Waals surface area contributed by atoms with Crippen molar-refractivity contribution in [2.24, 2.45) is 11.8 Å². The number of carbonyl (C=O) groups excluding carboxylic acids is 1. The van der Waals surface area contributed by atoms with E-state index in [1.807, 2.05) is 0 Å². The van der Waals surface area contributed by atoms with Crippen LogP contribution in [0.4, 0.5) is 0 Å². The van der Waals surface area contributed by atoms with Gasteiger partial charge in [-0.2, -0.15) is 0 Å². The molecule has 0 radical (unpaired) electrons. The van der Waals surface area contributed by atoms with Crippen molar-refractivity contribution in [2.75, 3.05) is 52.5 Å². The number of likely N-dealkylation sites (tertiary alicyclic amines) is 2. The second-order valence-corrected chi connectivity index (χ2v) is 6.46. The lowest BCUT2D eigenvalue weighted by Gasteiger charge is -2.36. The van der Waals surface area contributed by atoms with Gasteiger partial charge in [-0.3, -0.25) is 4.79 Å². The molecule has 0 atom stereocenters. The van der Waals surface area contributed by atoms with Crippen LogP contribution in [0, 0.1) is 11.8 Å². The van der Waals surface area contributed by atoms with Gasteiger partial charge in [0, 0.05) is 25.6 Å². The number of aliphatic hydroxyl groups excluding tert-OH is 1. The van der Waals surface area contributed by atoms with Gasteiger partial charge >= 0.3 is 0 Å². The molecule has 1 N–H and O–H groups in total. The number of nitrogens with zero attached hydrogens (tertiary/aromatic N) is 2. The first kappa shape index (κ1) is 16.7. The maximum atomic E-state index is 12.5. The summed E-state index contributed by atoms with van der Waals surface area (Å²) in [6.45, 7) is 8.24. The average molecular weight is 298 g/mol. The number of aliphatic hydroxyl groups is 1. The standard InChI is InChI=1S/C16H30N2O3/c1-14-2-8-18(9-3-14)16(20)15-4-6-17(7-5-15)10-12-21-13-11-19/h14-15,19H,2-13H2,1H3. The third kappa shape index (κ3) is 5.24. The molecular weight excluding hydrogens is 268 g/mol. The van der Waals surface area contributed by atoms with Gasteiger partial charge in [-0.15, -0.1) is 0 Å². The lowest BCUT2D eigenvalue weighted by Crippen LogP contribution is -2.45. The molecule has 2 fully saturated rings. The summed E-state index contributed by atoms with van der Waals surface area (Å²) >= 11 is 0. The van der Waals surface area contributed by atoms with Crippen LogP contribution >= 0.6 is 0 Å². The SMILES string of the molecule is CC1CCN(C(=O)C2CCN(CCOCCO)CC2)CC1. The van der Waals surface area contributed by atoms with Crippen molar-refractivity contribution in [1.82, 2.24) is 9.80 Å². The van der Waals surface area contributed by atoms with Crippen molar-refractivity contribution >= 4 is 5.91 Å². The van der Waals surface area contributed by atoms with E-state index in [1.54, 1.807) is 0 Å². The zero-order valence-corrected chi connectivity index (χ0v) is 13.3. The Kier molecular flexibility index (Phi) is 6.93. The summed E-state index contributed by atoms with van der Waals surface area (Å²) in [4.78, 5) is 17.0. The fraction of sp³-hybridized carbons (Fsp3) is 0.938. The molecule has 5 heteroatoms. The van der Waals surface area contributed by atoms with Gasteiger partial charge in [-0.05, 0) is 44.7 Å². The van der Waals surface area contributed by atoms with Crippen LogP contribution < -0.4 is 0 Å². The largest absolute Gasteiger partial charge is 0.394 e. The fourth-order valence-corrected chi connectivity index (χ4v) is 3.25. The van der Waals surface area contributed by atoms with E-state index in [0.29, 0.717) is 19.1 Å². The van der Waals surface area contributed by atoms with E-state index in [9.17, 15) is 4.79 Å². The highest BCUT2D eigenvalue weighted by atomic mass is 16.5. The second kappa shape index (κ2) is 8.71. The number of ether oxygens (including phenoxy) is 1. The number of hydrogen-bond donors (Lipinski definition) is 1. The predicted octanol–water partition coefficient (Wildman–Crippen LogP) is 0.966. The summed E-state index contributed by atoms with van der Waals surface area (Å²) in [6.07, 6.45) is 4.27. The third-order valence-corrected chi connectivity index (χ3v) is 4.82. The summed E-state index contributed by atoms with van der Waals surface area (Å²) in [5.41, 5.74) is 0. The van der Waals surface area contributed by atoms with Crippen molar-refractivity contribution in [2.45, 2.75) is 32.6 Å². The van der Waals surface area contributed by atoms with Gasteiger partial charge in [0.25, 0.3) is 0 Å². The predicted molar refractivity (Wildman–Crippen MR) is 82.0 cm³/mol. The third-order valence-electron chi connectivity index (χ3n) is 4.82. The van der Waals surface area contributed by atoms with E-state index in [4.69, 9.17) is 9.84 Å². The molecule has 21 heavy (non-hydrogen) atoms. The number of carbonyl (C=O) groups is 1. The van der Waals surface area contributed by atoms with Gasteiger partial charge in [0.1, 0.15) is 0 Å². The van der Waals surface area contributed by atoms with Crippen molar-refractivity contribution in [3.05, 3.63) is 0 Å². The Balaban J connectivity index is 1.65. The van der Waals surface area contributed by atoms with Crippen LogP contribution in [-0.4, -0.2) is 73.4 Å². The highest BCUT2D eigenvalue weighted by Gasteiger charge is 2.29. The van der Waals surface area contributed by atoms with Gasteiger partial charge in [0.15, 0.2) is 0 Å². The molecule has 122 valence electrons. The molecule has 0 aromatic rings. The molecule has 0 bridgehead atoms. The Bertz CT molecular complexity index is 309. The highest BCUT2D eigenvalue weighted by Crippen LogP contribution is 2.23. The van der Waals surface area contributed by atoms with Crippen LogP contribution in [-0.2, 0) is 9.53 Å². The second-order valence-electron chi connectivity index (χ2n) is 6.46. The highest BCUT2D eigenvalue weighted by molar-refractivity contribution is 5.79. The minimum absolute atomic E-state index is 0.0883. The maximum Gasteiger partial charge on any atom is 0.225 e. The van der Waals surface area contributed by atoms with Crippen molar-refractivity contribution < 1.29 is 14.6 Å². The summed E-state index contributed by atoms with van der Waals surface area (Å²) in [5.74, 6) is 1.39. The van der Waals surface area contributed by atoms with Gasteiger partial charge < -0.3 is 19.6 Å². The molecule has 2 aliphatic rings. The molecule has 0 aromatic carbocycles. The number of piperidine rings is 2. The van der Waals surface area contributed by atoms with Crippen LogP contribution in [0.5, 0.6) is 0 Å². The first-order valence-electron chi connectivity index (χ1n) is 8.40. The van der Waals surface area contributed by atoms with E-state index in [0.717, 1.165) is 64.3 Å². The quantitative estimate of drug-likeness (QED) is 0.742. The van der Waals surface area contributed by atoms with Crippen LogP contribution in [0.25, 0.3) is 0 Å². The minimum Gasteiger partial charge on any atom is -0.394 e. The summed E-state index contributed by atoms with van der Waals surface area (Å²) in [6, 6.07) is 0. The lowest BCUT2D eigenvalue weighted by atomic mass is 9.93. The molecule has 0 aliphatic carbocycles. The van der Waals surface area contributed by atoms with E-state index < -0.39 is 0 Å². The van der Waals surface area contributed by atoms with E-state index in [1.165, 1.54) is 0 Å². The van der Waals surface area contributed by atoms with Gasteiger partial charge in [-0.1, -0.05) is 6.92 Å².